The van der Waals surface area contributed by atoms with E-state index >= 15 is 0 Å². The Hall–Kier alpha value is -2.56. The second-order valence-corrected chi connectivity index (χ2v) is 7.32. The SMILES string of the molecule is Cc1cnccc1N1CCCN(C(=O)NCC[C@@H](C)c2ccccc2)CC1. The van der Waals surface area contributed by atoms with Crippen molar-refractivity contribution < 1.29 is 4.79 Å². The minimum atomic E-state index is 0.0589. The minimum absolute atomic E-state index is 0.0589. The highest BCUT2D eigenvalue weighted by Gasteiger charge is 2.20. The number of aryl methyl sites for hydroxylation is 1. The van der Waals surface area contributed by atoms with Gasteiger partial charge in [-0.2, -0.15) is 0 Å². The number of nitrogens with zero attached hydrogens (tertiary/aromatic N) is 3. The van der Waals surface area contributed by atoms with Crippen molar-refractivity contribution in [1.82, 2.24) is 15.2 Å². The summed E-state index contributed by atoms with van der Waals surface area (Å²) in [5, 5.41) is 3.11. The van der Waals surface area contributed by atoms with Gasteiger partial charge in [0.2, 0.25) is 0 Å². The topological polar surface area (TPSA) is 48.5 Å². The fraction of sp³-hybridized carbons (Fsp3) is 0.455. The van der Waals surface area contributed by atoms with Gasteiger partial charge >= 0.3 is 6.03 Å². The molecule has 0 unspecified atom stereocenters. The summed E-state index contributed by atoms with van der Waals surface area (Å²) in [6.07, 6.45) is 5.67. The molecule has 0 aliphatic carbocycles. The smallest absolute Gasteiger partial charge is 0.317 e. The van der Waals surface area contributed by atoms with E-state index in [0.29, 0.717) is 12.5 Å². The number of carbonyl (C=O) groups excluding carboxylic acids is 1. The molecule has 3 rings (SSSR count). The molecule has 2 aromatic rings. The minimum Gasteiger partial charge on any atom is -0.369 e. The molecule has 1 atom stereocenters. The Morgan fingerprint density at radius 3 is 2.74 bits per heavy atom. The summed E-state index contributed by atoms with van der Waals surface area (Å²) in [7, 11) is 0. The lowest BCUT2D eigenvalue weighted by Gasteiger charge is -2.25. The molecule has 1 aliphatic rings. The predicted molar refractivity (Wildman–Crippen MR) is 110 cm³/mol. The number of hydrogen-bond donors (Lipinski definition) is 1. The number of carbonyl (C=O) groups is 1. The normalized spacial score (nSPS) is 15.9. The maximum absolute atomic E-state index is 12.6. The number of aromatic nitrogens is 1. The molecule has 1 saturated heterocycles. The molecule has 5 heteroatoms. The first-order valence-corrected chi connectivity index (χ1v) is 9.88. The van der Waals surface area contributed by atoms with Crippen LogP contribution in [0.15, 0.2) is 48.8 Å². The molecule has 27 heavy (non-hydrogen) atoms. The van der Waals surface area contributed by atoms with Crippen molar-refractivity contribution in [2.24, 2.45) is 0 Å². The first kappa shape index (κ1) is 19.2. The molecule has 0 saturated carbocycles. The van der Waals surface area contributed by atoms with Crippen LogP contribution in [-0.4, -0.2) is 48.6 Å². The van der Waals surface area contributed by atoms with Gasteiger partial charge in [-0.25, -0.2) is 4.79 Å². The number of nitrogens with one attached hydrogen (secondary N) is 1. The maximum Gasteiger partial charge on any atom is 0.317 e. The highest BCUT2D eigenvalue weighted by molar-refractivity contribution is 5.74. The molecule has 1 aromatic heterocycles. The van der Waals surface area contributed by atoms with Crippen molar-refractivity contribution in [3.8, 4) is 0 Å². The van der Waals surface area contributed by atoms with Crippen LogP contribution in [0.3, 0.4) is 0 Å². The molecule has 2 heterocycles. The van der Waals surface area contributed by atoms with Crippen LogP contribution in [0.5, 0.6) is 0 Å². The van der Waals surface area contributed by atoms with Gasteiger partial charge in [-0.3, -0.25) is 4.98 Å². The fourth-order valence-electron chi connectivity index (χ4n) is 3.64. The Morgan fingerprint density at radius 2 is 1.96 bits per heavy atom. The van der Waals surface area contributed by atoms with Crippen LogP contribution in [0.4, 0.5) is 10.5 Å². The largest absolute Gasteiger partial charge is 0.369 e. The van der Waals surface area contributed by atoms with Crippen LogP contribution in [0.2, 0.25) is 0 Å². The van der Waals surface area contributed by atoms with Crippen molar-refractivity contribution in [2.45, 2.75) is 32.6 Å². The average Bonchev–Trinajstić information content (AvgIpc) is 2.95. The van der Waals surface area contributed by atoms with E-state index in [4.69, 9.17) is 0 Å². The Kier molecular flexibility index (Phi) is 6.69. The standard InChI is InChI=1S/C22H30N4O/c1-18(20-7-4-3-5-8-20)9-12-24-22(27)26-14-6-13-25(15-16-26)21-10-11-23-17-19(21)2/h3-5,7-8,10-11,17-18H,6,9,12-16H2,1-2H3,(H,24,27)/t18-/m1/s1. The quantitative estimate of drug-likeness (QED) is 0.875. The van der Waals surface area contributed by atoms with Crippen LogP contribution in [0.1, 0.15) is 36.8 Å². The highest BCUT2D eigenvalue weighted by atomic mass is 16.2. The van der Waals surface area contributed by atoms with E-state index in [-0.39, 0.29) is 6.03 Å². The third-order valence-electron chi connectivity index (χ3n) is 5.34. The van der Waals surface area contributed by atoms with Crippen LogP contribution in [0, 0.1) is 6.92 Å². The third kappa shape index (κ3) is 5.22. The van der Waals surface area contributed by atoms with Gasteiger partial charge < -0.3 is 15.1 Å². The van der Waals surface area contributed by atoms with Gasteiger partial charge in [0.05, 0.1) is 0 Å². The molecule has 0 radical (unpaired) electrons. The van der Waals surface area contributed by atoms with E-state index in [1.54, 1.807) is 0 Å². The molecule has 2 amide bonds. The Balaban J connectivity index is 1.46. The zero-order valence-corrected chi connectivity index (χ0v) is 16.4. The first-order chi connectivity index (χ1) is 13.1. The van der Waals surface area contributed by atoms with E-state index < -0.39 is 0 Å². The number of urea groups is 1. The summed E-state index contributed by atoms with van der Waals surface area (Å²) in [6.45, 7) is 8.40. The van der Waals surface area contributed by atoms with Gasteiger partial charge in [-0.05, 0) is 42.9 Å². The molecule has 0 bridgehead atoms. The van der Waals surface area contributed by atoms with Crippen LogP contribution >= 0.6 is 0 Å². The van der Waals surface area contributed by atoms with Gasteiger partial charge in [0, 0.05) is 50.8 Å². The summed E-state index contributed by atoms with van der Waals surface area (Å²) in [5.74, 6) is 0.445. The molecular weight excluding hydrogens is 336 g/mol. The number of anilines is 1. The molecule has 1 aliphatic heterocycles. The molecule has 1 N–H and O–H groups in total. The summed E-state index contributed by atoms with van der Waals surface area (Å²) >= 11 is 0. The van der Waals surface area contributed by atoms with Gasteiger partial charge in [0.15, 0.2) is 0 Å². The fourth-order valence-corrected chi connectivity index (χ4v) is 3.64. The number of pyridine rings is 1. The van der Waals surface area contributed by atoms with E-state index in [1.807, 2.05) is 23.4 Å². The van der Waals surface area contributed by atoms with Crippen LogP contribution in [-0.2, 0) is 0 Å². The van der Waals surface area contributed by atoms with Crippen LogP contribution in [0.25, 0.3) is 0 Å². The van der Waals surface area contributed by atoms with Gasteiger partial charge in [-0.1, -0.05) is 37.3 Å². The molecule has 0 spiro atoms. The lowest BCUT2D eigenvalue weighted by Crippen LogP contribution is -2.42. The number of amides is 2. The molecule has 5 nitrogen and oxygen atoms in total. The van der Waals surface area contributed by atoms with Crippen molar-refractivity contribution in [3.05, 3.63) is 59.9 Å². The number of hydrogen-bond acceptors (Lipinski definition) is 3. The molecular formula is C22H30N4O. The Morgan fingerprint density at radius 1 is 1.15 bits per heavy atom. The zero-order chi connectivity index (χ0) is 19.1. The average molecular weight is 367 g/mol. The third-order valence-corrected chi connectivity index (χ3v) is 5.34. The first-order valence-electron chi connectivity index (χ1n) is 9.88. The van der Waals surface area contributed by atoms with E-state index in [9.17, 15) is 4.79 Å². The van der Waals surface area contributed by atoms with E-state index in [2.05, 4.69) is 59.4 Å². The molecule has 1 aromatic carbocycles. The van der Waals surface area contributed by atoms with Gasteiger partial charge in [0.1, 0.15) is 0 Å². The van der Waals surface area contributed by atoms with Crippen molar-refractivity contribution in [2.75, 3.05) is 37.6 Å². The zero-order valence-electron chi connectivity index (χ0n) is 16.4. The predicted octanol–water partition coefficient (Wildman–Crippen LogP) is 3.81. The molecule has 144 valence electrons. The van der Waals surface area contributed by atoms with E-state index in [1.165, 1.54) is 16.8 Å². The van der Waals surface area contributed by atoms with Gasteiger partial charge in [-0.15, -0.1) is 0 Å². The van der Waals surface area contributed by atoms with Gasteiger partial charge in [0.25, 0.3) is 0 Å². The monoisotopic (exact) mass is 366 g/mol. The molecule has 1 fully saturated rings. The summed E-state index contributed by atoms with van der Waals surface area (Å²) < 4.78 is 0. The van der Waals surface area contributed by atoms with Crippen molar-refractivity contribution in [3.63, 3.8) is 0 Å². The Bertz CT molecular complexity index is 734. The maximum atomic E-state index is 12.6. The number of benzene rings is 1. The second kappa shape index (κ2) is 9.40. The van der Waals surface area contributed by atoms with Crippen molar-refractivity contribution in [1.29, 1.82) is 0 Å². The second-order valence-electron chi connectivity index (χ2n) is 7.32. The Labute approximate surface area is 162 Å². The highest BCUT2D eigenvalue weighted by Crippen LogP contribution is 2.20. The lowest BCUT2D eigenvalue weighted by atomic mass is 9.98. The van der Waals surface area contributed by atoms with Crippen LogP contribution < -0.4 is 10.2 Å². The summed E-state index contributed by atoms with van der Waals surface area (Å²) in [6, 6.07) is 12.6. The van der Waals surface area contributed by atoms with E-state index in [0.717, 1.165) is 39.0 Å². The van der Waals surface area contributed by atoms with Crippen molar-refractivity contribution >= 4 is 11.7 Å². The summed E-state index contributed by atoms with van der Waals surface area (Å²) in [4.78, 5) is 21.1. The lowest BCUT2D eigenvalue weighted by molar-refractivity contribution is 0.201. The number of rotatable bonds is 5. The summed E-state index contributed by atoms with van der Waals surface area (Å²) in [5.41, 5.74) is 3.74.